The Morgan fingerprint density at radius 3 is 2.67 bits per heavy atom. The van der Waals surface area contributed by atoms with Gasteiger partial charge < -0.3 is 10.6 Å². The maximum atomic E-state index is 11.9. The van der Waals surface area contributed by atoms with Gasteiger partial charge in [0.15, 0.2) is 9.84 Å². The summed E-state index contributed by atoms with van der Waals surface area (Å²) in [5.74, 6) is 0.352. The fourth-order valence-corrected chi connectivity index (χ4v) is 3.49. The number of nitrogens with one attached hydrogen (secondary N) is 2. The summed E-state index contributed by atoms with van der Waals surface area (Å²) in [6.45, 7) is 3.86. The maximum Gasteiger partial charge on any atom is 0.223 e. The van der Waals surface area contributed by atoms with E-state index in [1.807, 2.05) is 0 Å². The van der Waals surface area contributed by atoms with Crippen LogP contribution in [0.4, 0.5) is 0 Å². The van der Waals surface area contributed by atoms with Crippen molar-refractivity contribution in [2.45, 2.75) is 26.2 Å². The Kier molecular flexibility index (Phi) is 3.96. The van der Waals surface area contributed by atoms with E-state index in [9.17, 15) is 13.2 Å². The van der Waals surface area contributed by atoms with E-state index in [4.69, 9.17) is 0 Å². The van der Waals surface area contributed by atoms with Gasteiger partial charge in [-0.2, -0.15) is 0 Å². The number of amides is 1. The van der Waals surface area contributed by atoms with E-state index in [1.165, 1.54) is 0 Å². The van der Waals surface area contributed by atoms with Crippen LogP contribution in [0.25, 0.3) is 0 Å². The Labute approximate surface area is 109 Å². The van der Waals surface area contributed by atoms with E-state index in [1.54, 1.807) is 6.92 Å². The van der Waals surface area contributed by atoms with Crippen molar-refractivity contribution in [1.29, 1.82) is 0 Å². The predicted molar refractivity (Wildman–Crippen MR) is 70.0 cm³/mol. The lowest BCUT2D eigenvalue weighted by molar-refractivity contribution is -0.123. The van der Waals surface area contributed by atoms with Crippen LogP contribution in [0.15, 0.2) is 0 Å². The van der Waals surface area contributed by atoms with Gasteiger partial charge in [0.1, 0.15) is 0 Å². The molecule has 6 heteroatoms. The smallest absolute Gasteiger partial charge is 0.223 e. The highest BCUT2D eigenvalue weighted by atomic mass is 32.2. The van der Waals surface area contributed by atoms with Crippen LogP contribution in [0.5, 0.6) is 0 Å². The molecule has 0 aromatic carbocycles. The van der Waals surface area contributed by atoms with Gasteiger partial charge in [-0.3, -0.25) is 4.79 Å². The predicted octanol–water partition coefficient (Wildman–Crippen LogP) is -0.0730. The molecule has 2 rings (SSSR count). The standard InChI is InChI=1S/C12H22N2O3S/c1-2-18(16,17)8-7-14-11(15)10-9-12(10)3-5-13-6-4-12/h10,13H,2-9H2,1H3,(H,14,15). The molecule has 2 N–H and O–H groups in total. The average molecular weight is 274 g/mol. The van der Waals surface area contributed by atoms with Gasteiger partial charge >= 0.3 is 0 Å². The summed E-state index contributed by atoms with van der Waals surface area (Å²) in [7, 11) is -2.98. The summed E-state index contributed by atoms with van der Waals surface area (Å²) >= 11 is 0. The minimum Gasteiger partial charge on any atom is -0.355 e. The fraction of sp³-hybridized carbons (Fsp3) is 0.917. The minimum atomic E-state index is -2.98. The lowest BCUT2D eigenvalue weighted by Gasteiger charge is -2.23. The molecule has 1 aliphatic carbocycles. The molecule has 0 radical (unpaired) electrons. The van der Waals surface area contributed by atoms with Crippen molar-refractivity contribution in [2.75, 3.05) is 31.1 Å². The van der Waals surface area contributed by atoms with Gasteiger partial charge in [0.25, 0.3) is 0 Å². The molecule has 0 bridgehead atoms. The number of hydrogen-bond acceptors (Lipinski definition) is 4. The van der Waals surface area contributed by atoms with Gasteiger partial charge in [0, 0.05) is 18.2 Å². The third kappa shape index (κ3) is 3.03. The zero-order chi connectivity index (χ0) is 13.2. The highest BCUT2D eigenvalue weighted by Crippen LogP contribution is 2.58. The van der Waals surface area contributed by atoms with Gasteiger partial charge in [0.05, 0.1) is 5.75 Å². The number of carbonyl (C=O) groups is 1. The van der Waals surface area contributed by atoms with Gasteiger partial charge in [0.2, 0.25) is 5.91 Å². The van der Waals surface area contributed by atoms with Gasteiger partial charge in [-0.05, 0) is 37.8 Å². The Balaban J connectivity index is 1.74. The van der Waals surface area contributed by atoms with Gasteiger partial charge in [-0.15, -0.1) is 0 Å². The molecule has 1 unspecified atom stereocenters. The van der Waals surface area contributed by atoms with Gasteiger partial charge in [-0.1, -0.05) is 6.92 Å². The van der Waals surface area contributed by atoms with Crippen molar-refractivity contribution in [2.24, 2.45) is 11.3 Å². The average Bonchev–Trinajstić information content (AvgIpc) is 3.03. The molecule has 1 amide bonds. The molecule has 1 heterocycles. The summed E-state index contributed by atoms with van der Waals surface area (Å²) in [6, 6.07) is 0. The quantitative estimate of drug-likeness (QED) is 0.736. The zero-order valence-corrected chi connectivity index (χ0v) is 11.7. The lowest BCUT2D eigenvalue weighted by Crippen LogP contribution is -2.35. The molecule has 104 valence electrons. The lowest BCUT2D eigenvalue weighted by atomic mass is 9.92. The number of piperidine rings is 1. The van der Waals surface area contributed by atoms with Crippen molar-refractivity contribution < 1.29 is 13.2 Å². The number of rotatable bonds is 5. The first-order valence-electron chi connectivity index (χ1n) is 6.68. The monoisotopic (exact) mass is 274 g/mol. The maximum absolute atomic E-state index is 11.9. The summed E-state index contributed by atoms with van der Waals surface area (Å²) in [6.07, 6.45) is 3.11. The number of carbonyl (C=O) groups excluding carboxylic acids is 1. The number of sulfone groups is 1. The molecule has 1 saturated heterocycles. The third-order valence-electron chi connectivity index (χ3n) is 4.26. The summed E-state index contributed by atoms with van der Waals surface area (Å²) in [5.41, 5.74) is 0.221. The fourth-order valence-electron chi connectivity index (χ4n) is 2.79. The first kappa shape index (κ1) is 13.8. The van der Waals surface area contributed by atoms with Crippen LogP contribution in [0, 0.1) is 11.3 Å². The molecular weight excluding hydrogens is 252 g/mol. The van der Waals surface area contributed by atoms with E-state index in [2.05, 4.69) is 10.6 Å². The van der Waals surface area contributed by atoms with Crippen molar-refractivity contribution in [3.8, 4) is 0 Å². The van der Waals surface area contributed by atoms with Crippen molar-refractivity contribution in [3.05, 3.63) is 0 Å². The molecule has 1 saturated carbocycles. The van der Waals surface area contributed by atoms with E-state index >= 15 is 0 Å². The molecule has 18 heavy (non-hydrogen) atoms. The zero-order valence-electron chi connectivity index (χ0n) is 10.9. The molecule has 1 spiro atoms. The van der Waals surface area contributed by atoms with E-state index in [0.29, 0.717) is 0 Å². The first-order chi connectivity index (χ1) is 8.49. The molecule has 2 fully saturated rings. The van der Waals surface area contributed by atoms with Crippen LogP contribution in [-0.2, 0) is 14.6 Å². The van der Waals surface area contributed by atoms with Gasteiger partial charge in [-0.25, -0.2) is 8.42 Å². The Hall–Kier alpha value is -0.620. The second-order valence-electron chi connectivity index (χ2n) is 5.40. The molecule has 5 nitrogen and oxygen atoms in total. The molecule has 2 aliphatic rings. The van der Waals surface area contributed by atoms with E-state index < -0.39 is 9.84 Å². The summed E-state index contributed by atoms with van der Waals surface area (Å²) in [4.78, 5) is 11.9. The van der Waals surface area contributed by atoms with Crippen molar-refractivity contribution in [1.82, 2.24) is 10.6 Å². The molecule has 1 aliphatic heterocycles. The second-order valence-corrected chi connectivity index (χ2v) is 7.87. The Bertz CT molecular complexity index is 413. The largest absolute Gasteiger partial charge is 0.355 e. The van der Waals surface area contributed by atoms with Crippen molar-refractivity contribution in [3.63, 3.8) is 0 Å². The SMILES string of the molecule is CCS(=O)(=O)CCNC(=O)C1CC12CCNCC2. The van der Waals surface area contributed by atoms with Crippen LogP contribution in [0.1, 0.15) is 26.2 Å². The Morgan fingerprint density at radius 2 is 2.06 bits per heavy atom. The highest BCUT2D eigenvalue weighted by Gasteiger charge is 2.57. The van der Waals surface area contributed by atoms with Crippen LogP contribution >= 0.6 is 0 Å². The van der Waals surface area contributed by atoms with Crippen LogP contribution in [0.2, 0.25) is 0 Å². The topological polar surface area (TPSA) is 75.3 Å². The number of hydrogen-bond donors (Lipinski definition) is 2. The van der Waals surface area contributed by atoms with E-state index in [0.717, 1.165) is 32.4 Å². The Morgan fingerprint density at radius 1 is 1.39 bits per heavy atom. The van der Waals surface area contributed by atoms with E-state index in [-0.39, 0.29) is 35.3 Å². The second kappa shape index (κ2) is 5.17. The van der Waals surface area contributed by atoms with Crippen molar-refractivity contribution >= 4 is 15.7 Å². The summed E-state index contributed by atoms with van der Waals surface area (Å²) in [5, 5.41) is 6.07. The molecular formula is C12H22N2O3S. The molecule has 0 aromatic heterocycles. The first-order valence-corrected chi connectivity index (χ1v) is 8.50. The third-order valence-corrected chi connectivity index (χ3v) is 5.96. The highest BCUT2D eigenvalue weighted by molar-refractivity contribution is 7.91. The van der Waals surface area contributed by atoms with Crippen LogP contribution < -0.4 is 10.6 Å². The summed E-state index contributed by atoms with van der Waals surface area (Å²) < 4.78 is 22.6. The van der Waals surface area contributed by atoms with Crippen LogP contribution in [0.3, 0.4) is 0 Å². The normalized spacial score (nSPS) is 25.9. The minimum absolute atomic E-state index is 0.0446. The molecule has 1 atom stereocenters. The molecule has 0 aromatic rings. The van der Waals surface area contributed by atoms with Crippen LogP contribution in [-0.4, -0.2) is 45.5 Å².